The maximum atomic E-state index is 13.4. The lowest BCUT2D eigenvalue weighted by Gasteiger charge is -2.36. The number of likely N-dealkylation sites (tertiary alicyclic amines) is 1. The number of rotatable bonds is 5. The molecule has 2 atom stereocenters. The number of hydrogen-bond donors (Lipinski definition) is 1. The van der Waals surface area contributed by atoms with Crippen LogP contribution in [0.3, 0.4) is 0 Å². The van der Waals surface area contributed by atoms with Gasteiger partial charge in [0.2, 0.25) is 0 Å². The molecule has 0 saturated carbocycles. The maximum Gasteiger partial charge on any atom is 0.253 e. The van der Waals surface area contributed by atoms with Crippen LogP contribution in [0.1, 0.15) is 53.9 Å². The molecule has 5 rings (SSSR count). The summed E-state index contributed by atoms with van der Waals surface area (Å²) in [6.45, 7) is 8.80. The predicted molar refractivity (Wildman–Crippen MR) is 129 cm³/mol. The fraction of sp³-hybridized carbons (Fsp3) is 0.385. The Hall–Kier alpha value is -3.32. The molecule has 170 valence electrons. The molecule has 7 heteroatoms. The number of piperidine rings is 1. The minimum absolute atomic E-state index is 0.0787. The summed E-state index contributed by atoms with van der Waals surface area (Å²) < 4.78 is 1.84. The van der Waals surface area contributed by atoms with Crippen molar-refractivity contribution in [1.29, 1.82) is 0 Å². The highest BCUT2D eigenvalue weighted by molar-refractivity contribution is 5.83. The molecule has 0 unspecified atom stereocenters. The summed E-state index contributed by atoms with van der Waals surface area (Å²) in [5.74, 6) is 1.27. The van der Waals surface area contributed by atoms with Gasteiger partial charge in [-0.2, -0.15) is 0 Å². The molecule has 3 heterocycles. The molecule has 1 aliphatic heterocycles. The van der Waals surface area contributed by atoms with E-state index in [0.717, 1.165) is 47.1 Å². The second-order valence-electron chi connectivity index (χ2n) is 9.42. The van der Waals surface area contributed by atoms with Gasteiger partial charge in [-0.05, 0) is 78.4 Å². The van der Waals surface area contributed by atoms with E-state index in [0.29, 0.717) is 23.9 Å². The summed E-state index contributed by atoms with van der Waals surface area (Å²) in [6.07, 6.45) is 2.30. The van der Waals surface area contributed by atoms with Crippen molar-refractivity contribution in [2.75, 3.05) is 13.1 Å². The highest BCUT2D eigenvalue weighted by atomic mass is 16.1. The second-order valence-corrected chi connectivity index (χ2v) is 9.42. The average Bonchev–Trinajstić information content (AvgIpc) is 3.23. The van der Waals surface area contributed by atoms with E-state index in [9.17, 15) is 4.79 Å². The quantitative estimate of drug-likeness (QED) is 0.505. The lowest BCUT2D eigenvalue weighted by molar-refractivity contribution is 0.141. The van der Waals surface area contributed by atoms with E-state index in [-0.39, 0.29) is 11.6 Å². The van der Waals surface area contributed by atoms with E-state index in [4.69, 9.17) is 0 Å². The minimum atomic E-state index is -0.305. The van der Waals surface area contributed by atoms with Crippen molar-refractivity contribution in [2.45, 2.75) is 46.2 Å². The van der Waals surface area contributed by atoms with E-state index in [1.54, 1.807) is 0 Å². The highest BCUT2D eigenvalue weighted by Crippen LogP contribution is 2.31. The zero-order valence-corrected chi connectivity index (χ0v) is 19.5. The SMILES string of the molecule is Cc1cc(C)c2cc([C@H](c3nnnn3Cc3ccccc3)N3CCC[C@@H](C)C3)c(=O)[nH]c2c1. The van der Waals surface area contributed by atoms with Gasteiger partial charge in [0.25, 0.3) is 5.56 Å². The number of benzene rings is 2. The third kappa shape index (κ3) is 4.33. The van der Waals surface area contributed by atoms with Gasteiger partial charge in [0.15, 0.2) is 5.82 Å². The van der Waals surface area contributed by atoms with Crippen LogP contribution in [-0.4, -0.2) is 43.2 Å². The van der Waals surface area contributed by atoms with Crippen LogP contribution in [0.4, 0.5) is 0 Å². The number of hydrogen-bond acceptors (Lipinski definition) is 5. The zero-order valence-electron chi connectivity index (χ0n) is 19.5. The topological polar surface area (TPSA) is 79.7 Å². The fourth-order valence-corrected chi connectivity index (χ4v) is 5.13. The van der Waals surface area contributed by atoms with E-state index >= 15 is 0 Å². The molecule has 0 radical (unpaired) electrons. The summed E-state index contributed by atoms with van der Waals surface area (Å²) in [7, 11) is 0. The van der Waals surface area contributed by atoms with Crippen LogP contribution in [0.15, 0.2) is 53.3 Å². The van der Waals surface area contributed by atoms with Gasteiger partial charge >= 0.3 is 0 Å². The molecular formula is C26H30N6O. The number of H-pyrrole nitrogens is 1. The first-order valence-electron chi connectivity index (χ1n) is 11.7. The van der Waals surface area contributed by atoms with Crippen LogP contribution in [0.25, 0.3) is 10.9 Å². The Morgan fingerprint density at radius 3 is 2.76 bits per heavy atom. The molecule has 7 nitrogen and oxygen atoms in total. The van der Waals surface area contributed by atoms with E-state index in [1.807, 2.05) is 35.9 Å². The van der Waals surface area contributed by atoms with Crippen molar-refractivity contribution in [3.8, 4) is 0 Å². The molecule has 2 aromatic carbocycles. The van der Waals surface area contributed by atoms with Gasteiger partial charge < -0.3 is 4.98 Å². The molecule has 1 saturated heterocycles. The number of aryl methyl sites for hydroxylation is 2. The molecular weight excluding hydrogens is 412 g/mol. The Morgan fingerprint density at radius 1 is 1.15 bits per heavy atom. The Kier molecular flexibility index (Phi) is 5.81. The number of tetrazole rings is 1. The maximum absolute atomic E-state index is 13.4. The number of nitrogens with one attached hydrogen (secondary N) is 1. The van der Waals surface area contributed by atoms with E-state index < -0.39 is 0 Å². The molecule has 1 fully saturated rings. The van der Waals surface area contributed by atoms with Crippen molar-refractivity contribution >= 4 is 10.9 Å². The number of nitrogens with zero attached hydrogens (tertiary/aromatic N) is 5. The summed E-state index contributed by atoms with van der Waals surface area (Å²) in [5, 5.41) is 13.9. The Morgan fingerprint density at radius 2 is 1.97 bits per heavy atom. The van der Waals surface area contributed by atoms with E-state index in [2.05, 4.69) is 63.5 Å². The molecule has 0 aliphatic carbocycles. The first kappa shape index (κ1) is 21.5. The Balaban J connectivity index is 1.65. The molecule has 33 heavy (non-hydrogen) atoms. The van der Waals surface area contributed by atoms with Gasteiger partial charge in [-0.3, -0.25) is 9.69 Å². The second kappa shape index (κ2) is 8.90. The van der Waals surface area contributed by atoms with Crippen molar-refractivity contribution < 1.29 is 0 Å². The van der Waals surface area contributed by atoms with Gasteiger partial charge in [0.05, 0.1) is 6.54 Å². The number of aromatic nitrogens is 5. The number of aromatic amines is 1. The summed E-state index contributed by atoms with van der Waals surface area (Å²) in [4.78, 5) is 18.9. The zero-order chi connectivity index (χ0) is 22.9. The Labute approximate surface area is 193 Å². The molecule has 0 spiro atoms. The molecule has 2 aromatic heterocycles. The van der Waals surface area contributed by atoms with Crippen LogP contribution in [0, 0.1) is 19.8 Å². The van der Waals surface area contributed by atoms with Crippen LogP contribution in [0.2, 0.25) is 0 Å². The molecule has 0 bridgehead atoms. The lowest BCUT2D eigenvalue weighted by atomic mass is 9.95. The summed E-state index contributed by atoms with van der Waals surface area (Å²) in [5.41, 5.74) is 4.90. The van der Waals surface area contributed by atoms with E-state index in [1.165, 1.54) is 6.42 Å². The smallest absolute Gasteiger partial charge is 0.253 e. The van der Waals surface area contributed by atoms with Gasteiger partial charge in [0.1, 0.15) is 6.04 Å². The normalized spacial score (nSPS) is 18.0. The predicted octanol–water partition coefficient (Wildman–Crippen LogP) is 4.00. The number of fused-ring (bicyclic) bond motifs is 1. The van der Waals surface area contributed by atoms with Crippen LogP contribution < -0.4 is 5.56 Å². The average molecular weight is 443 g/mol. The lowest BCUT2D eigenvalue weighted by Crippen LogP contribution is -2.41. The molecule has 0 amide bonds. The van der Waals surface area contributed by atoms with Gasteiger partial charge in [-0.1, -0.05) is 43.3 Å². The Bertz CT molecular complexity index is 1330. The van der Waals surface area contributed by atoms with Gasteiger partial charge in [0, 0.05) is 23.0 Å². The largest absolute Gasteiger partial charge is 0.322 e. The van der Waals surface area contributed by atoms with Crippen LogP contribution in [-0.2, 0) is 6.54 Å². The van der Waals surface area contributed by atoms with Crippen molar-refractivity contribution in [3.63, 3.8) is 0 Å². The van der Waals surface area contributed by atoms with Crippen molar-refractivity contribution in [1.82, 2.24) is 30.1 Å². The molecule has 1 N–H and O–H groups in total. The minimum Gasteiger partial charge on any atom is -0.322 e. The third-order valence-corrected chi connectivity index (χ3v) is 6.67. The third-order valence-electron chi connectivity index (χ3n) is 6.67. The summed E-state index contributed by atoms with van der Waals surface area (Å²) >= 11 is 0. The standard InChI is InChI=1S/C26H30N6O/c1-17-8-7-11-31(15-17)24(25-28-29-30-32(25)16-20-9-5-4-6-10-20)22-14-21-19(3)12-18(2)13-23(21)27-26(22)33/h4-6,9-10,12-14,17,24H,7-8,11,15-16H2,1-3H3,(H,27,33)/t17-,24-/m1/s1. The van der Waals surface area contributed by atoms with Gasteiger partial charge in [-0.25, -0.2) is 4.68 Å². The first-order chi connectivity index (χ1) is 16.0. The monoisotopic (exact) mass is 442 g/mol. The van der Waals surface area contributed by atoms with Crippen LogP contribution in [0.5, 0.6) is 0 Å². The van der Waals surface area contributed by atoms with Crippen LogP contribution >= 0.6 is 0 Å². The molecule has 4 aromatic rings. The summed E-state index contributed by atoms with van der Waals surface area (Å²) in [6, 6.07) is 16.1. The fourth-order valence-electron chi connectivity index (χ4n) is 5.13. The first-order valence-corrected chi connectivity index (χ1v) is 11.7. The number of pyridine rings is 1. The molecule has 1 aliphatic rings. The van der Waals surface area contributed by atoms with Crippen molar-refractivity contribution in [3.05, 3.63) is 87.0 Å². The highest BCUT2D eigenvalue weighted by Gasteiger charge is 2.33. The van der Waals surface area contributed by atoms with Crippen molar-refractivity contribution in [2.24, 2.45) is 5.92 Å². The van der Waals surface area contributed by atoms with Gasteiger partial charge in [-0.15, -0.1) is 5.10 Å².